The molecule has 0 aliphatic carbocycles. The molecule has 0 aliphatic heterocycles. The molecule has 2 rings (SSSR count). The number of nitrogens with one attached hydrogen (secondary N) is 1. The van der Waals surface area contributed by atoms with Crippen LogP contribution in [0.2, 0.25) is 0 Å². The molecule has 2 aromatic carbocycles. The molecule has 0 bridgehead atoms. The highest BCUT2D eigenvalue weighted by molar-refractivity contribution is 7.88. The van der Waals surface area contributed by atoms with Gasteiger partial charge < -0.3 is 5.32 Å². The van der Waals surface area contributed by atoms with Gasteiger partial charge >= 0.3 is 0 Å². The first-order chi connectivity index (χ1) is 11.3. The van der Waals surface area contributed by atoms with Gasteiger partial charge in [-0.25, -0.2) is 13.6 Å². The summed E-state index contributed by atoms with van der Waals surface area (Å²) in [4.78, 5) is 12.3. The Hall–Kier alpha value is -2.18. The van der Waals surface area contributed by atoms with Gasteiger partial charge in [-0.15, -0.1) is 0 Å². The molecule has 3 N–H and O–H groups in total. The highest BCUT2D eigenvalue weighted by Gasteiger charge is 2.12. The molecule has 5 nitrogen and oxygen atoms in total. The van der Waals surface area contributed by atoms with E-state index in [9.17, 15) is 13.2 Å². The van der Waals surface area contributed by atoms with Gasteiger partial charge in [-0.2, -0.15) is 0 Å². The molecule has 0 aromatic heterocycles. The Morgan fingerprint density at radius 1 is 1.04 bits per heavy atom. The van der Waals surface area contributed by atoms with E-state index < -0.39 is 10.0 Å². The molecule has 0 spiro atoms. The molecule has 1 atom stereocenters. The van der Waals surface area contributed by atoms with E-state index in [1.54, 1.807) is 24.3 Å². The second kappa shape index (κ2) is 7.59. The molecule has 0 saturated heterocycles. The minimum Gasteiger partial charge on any atom is -0.346 e. The monoisotopic (exact) mass is 346 g/mol. The molecular formula is C18H22N2O3S. The van der Waals surface area contributed by atoms with E-state index in [4.69, 9.17) is 5.14 Å². The number of rotatable bonds is 6. The average Bonchev–Trinajstić information content (AvgIpc) is 2.54. The lowest BCUT2D eigenvalue weighted by molar-refractivity contribution is 0.0940. The zero-order valence-electron chi connectivity index (χ0n) is 13.8. The molecular weight excluding hydrogens is 324 g/mol. The molecule has 0 fully saturated rings. The fraction of sp³-hybridized carbons (Fsp3) is 0.278. The number of amides is 1. The fourth-order valence-electron chi connectivity index (χ4n) is 2.39. The predicted molar refractivity (Wildman–Crippen MR) is 95.0 cm³/mol. The SMILES string of the molecule is CCc1ccc([C@H](C)NC(=O)c2ccc(CS(N)(=O)=O)cc2)cc1. The maximum Gasteiger partial charge on any atom is 0.251 e. The van der Waals surface area contributed by atoms with Crippen LogP contribution in [0, 0.1) is 0 Å². The lowest BCUT2D eigenvalue weighted by atomic mass is 10.0. The van der Waals surface area contributed by atoms with Crippen LogP contribution < -0.4 is 10.5 Å². The fourth-order valence-corrected chi connectivity index (χ4v) is 3.05. The number of nitrogens with two attached hydrogens (primary N) is 1. The van der Waals surface area contributed by atoms with Gasteiger partial charge in [-0.05, 0) is 42.2 Å². The first-order valence-electron chi connectivity index (χ1n) is 7.77. The Morgan fingerprint density at radius 2 is 1.58 bits per heavy atom. The third-order valence-electron chi connectivity index (χ3n) is 3.82. The third kappa shape index (κ3) is 5.18. The van der Waals surface area contributed by atoms with Gasteiger partial charge in [0.1, 0.15) is 0 Å². The van der Waals surface area contributed by atoms with Crippen molar-refractivity contribution in [2.24, 2.45) is 5.14 Å². The summed E-state index contributed by atoms with van der Waals surface area (Å²) in [7, 11) is -3.57. The van der Waals surface area contributed by atoms with Crippen LogP contribution in [0.1, 0.15) is 46.9 Å². The van der Waals surface area contributed by atoms with Crippen LogP contribution in [0.4, 0.5) is 0 Å². The van der Waals surface area contributed by atoms with Gasteiger partial charge in [0.15, 0.2) is 0 Å². The third-order valence-corrected chi connectivity index (χ3v) is 4.56. The largest absolute Gasteiger partial charge is 0.346 e. The minimum absolute atomic E-state index is 0.118. The smallest absolute Gasteiger partial charge is 0.251 e. The van der Waals surface area contributed by atoms with Crippen molar-refractivity contribution in [2.45, 2.75) is 32.1 Å². The first-order valence-corrected chi connectivity index (χ1v) is 9.49. The number of aryl methyl sites for hydroxylation is 1. The predicted octanol–water partition coefficient (Wildman–Crippen LogP) is 2.53. The second-order valence-electron chi connectivity index (χ2n) is 5.79. The quantitative estimate of drug-likeness (QED) is 0.842. The van der Waals surface area contributed by atoms with E-state index in [1.807, 2.05) is 19.1 Å². The standard InChI is InChI=1S/C18H22N2O3S/c1-3-14-4-8-16(9-5-14)13(2)20-18(21)17-10-6-15(7-11-17)12-24(19,22)23/h4-11,13H,3,12H2,1-2H3,(H,20,21)(H2,19,22,23)/t13-/m0/s1. The van der Waals surface area contributed by atoms with Crippen LogP contribution in [0.15, 0.2) is 48.5 Å². The summed E-state index contributed by atoms with van der Waals surface area (Å²) in [6, 6.07) is 14.4. The Labute approximate surface area is 142 Å². The normalized spacial score (nSPS) is 12.6. The summed E-state index contributed by atoms with van der Waals surface area (Å²) >= 11 is 0. The van der Waals surface area contributed by atoms with Crippen LogP contribution in [-0.4, -0.2) is 14.3 Å². The van der Waals surface area contributed by atoms with Gasteiger partial charge in [0.25, 0.3) is 5.91 Å². The van der Waals surface area contributed by atoms with Crippen molar-refractivity contribution >= 4 is 15.9 Å². The van der Waals surface area contributed by atoms with Crippen molar-refractivity contribution < 1.29 is 13.2 Å². The number of carbonyl (C=O) groups is 1. The summed E-state index contributed by atoms with van der Waals surface area (Å²) in [6.45, 7) is 4.02. The Bertz CT molecular complexity index is 797. The molecule has 128 valence electrons. The number of benzene rings is 2. The Balaban J connectivity index is 2.03. The summed E-state index contributed by atoms with van der Waals surface area (Å²) in [5.41, 5.74) is 3.32. The van der Waals surface area contributed by atoms with E-state index in [-0.39, 0.29) is 17.7 Å². The molecule has 0 aliphatic rings. The average molecular weight is 346 g/mol. The van der Waals surface area contributed by atoms with Crippen molar-refractivity contribution in [3.8, 4) is 0 Å². The number of hydrogen-bond donors (Lipinski definition) is 2. The second-order valence-corrected chi connectivity index (χ2v) is 7.41. The first kappa shape index (κ1) is 18.2. The van der Waals surface area contributed by atoms with E-state index >= 15 is 0 Å². The van der Waals surface area contributed by atoms with Crippen molar-refractivity contribution in [1.82, 2.24) is 5.32 Å². The van der Waals surface area contributed by atoms with Crippen molar-refractivity contribution in [3.63, 3.8) is 0 Å². The Kier molecular flexibility index (Phi) is 5.75. The summed E-state index contributed by atoms with van der Waals surface area (Å²) < 4.78 is 22.1. The number of hydrogen-bond acceptors (Lipinski definition) is 3. The van der Waals surface area contributed by atoms with Crippen LogP contribution >= 0.6 is 0 Å². The maximum atomic E-state index is 12.3. The molecule has 1 amide bonds. The highest BCUT2D eigenvalue weighted by atomic mass is 32.2. The van der Waals surface area contributed by atoms with Crippen LogP contribution in [-0.2, 0) is 22.2 Å². The molecule has 0 radical (unpaired) electrons. The van der Waals surface area contributed by atoms with E-state index in [1.165, 1.54) is 5.56 Å². The highest BCUT2D eigenvalue weighted by Crippen LogP contribution is 2.15. The Morgan fingerprint density at radius 3 is 2.08 bits per heavy atom. The van der Waals surface area contributed by atoms with Crippen molar-refractivity contribution in [3.05, 3.63) is 70.8 Å². The van der Waals surface area contributed by atoms with Crippen LogP contribution in [0.3, 0.4) is 0 Å². The number of primary sulfonamides is 1. The van der Waals surface area contributed by atoms with E-state index in [0.717, 1.165) is 12.0 Å². The van der Waals surface area contributed by atoms with Gasteiger partial charge in [0.05, 0.1) is 11.8 Å². The van der Waals surface area contributed by atoms with E-state index in [2.05, 4.69) is 24.4 Å². The summed E-state index contributed by atoms with van der Waals surface area (Å²) in [6.07, 6.45) is 0.978. The molecule has 24 heavy (non-hydrogen) atoms. The van der Waals surface area contributed by atoms with Crippen LogP contribution in [0.5, 0.6) is 0 Å². The van der Waals surface area contributed by atoms with Gasteiger partial charge in [-0.3, -0.25) is 4.79 Å². The molecule has 0 saturated carbocycles. The molecule has 2 aromatic rings. The number of sulfonamides is 1. The van der Waals surface area contributed by atoms with Gasteiger partial charge in [0, 0.05) is 5.56 Å². The van der Waals surface area contributed by atoms with E-state index in [0.29, 0.717) is 11.1 Å². The van der Waals surface area contributed by atoms with Crippen LogP contribution in [0.25, 0.3) is 0 Å². The van der Waals surface area contributed by atoms with Crippen molar-refractivity contribution in [1.29, 1.82) is 0 Å². The molecule has 0 heterocycles. The number of carbonyl (C=O) groups excluding carboxylic acids is 1. The van der Waals surface area contributed by atoms with Gasteiger partial charge in [0.2, 0.25) is 10.0 Å². The molecule has 0 unspecified atom stereocenters. The van der Waals surface area contributed by atoms with Gasteiger partial charge in [-0.1, -0.05) is 43.3 Å². The maximum absolute atomic E-state index is 12.3. The minimum atomic E-state index is -3.57. The topological polar surface area (TPSA) is 89.3 Å². The zero-order chi connectivity index (χ0) is 17.7. The van der Waals surface area contributed by atoms with Crippen molar-refractivity contribution in [2.75, 3.05) is 0 Å². The zero-order valence-corrected chi connectivity index (χ0v) is 14.6. The summed E-state index contributed by atoms with van der Waals surface area (Å²) in [5, 5.41) is 7.94. The summed E-state index contributed by atoms with van der Waals surface area (Å²) in [5.74, 6) is -0.445. The molecule has 6 heteroatoms. The lowest BCUT2D eigenvalue weighted by Crippen LogP contribution is -2.26. The lowest BCUT2D eigenvalue weighted by Gasteiger charge is -2.15.